The molecule has 1 fully saturated rings. The van der Waals surface area contributed by atoms with E-state index >= 15 is 0 Å². The number of amides is 1. The Bertz CT molecular complexity index is 894. The van der Waals surface area contributed by atoms with E-state index in [9.17, 15) is 9.59 Å². The Morgan fingerprint density at radius 2 is 2.31 bits per heavy atom. The van der Waals surface area contributed by atoms with Gasteiger partial charge in [-0.05, 0) is 26.8 Å². The van der Waals surface area contributed by atoms with Gasteiger partial charge in [-0.2, -0.15) is 9.61 Å². The molecule has 2 aliphatic rings. The zero-order valence-corrected chi connectivity index (χ0v) is 15.3. The fourth-order valence-electron chi connectivity index (χ4n) is 3.99. The van der Waals surface area contributed by atoms with Crippen LogP contribution in [-0.2, 0) is 24.2 Å². The topological polar surface area (TPSA) is 80.9 Å². The van der Waals surface area contributed by atoms with E-state index in [1.807, 2.05) is 14.0 Å². The molecule has 8 heteroatoms. The van der Waals surface area contributed by atoms with Crippen LogP contribution in [0.15, 0.2) is 11.0 Å². The van der Waals surface area contributed by atoms with Gasteiger partial charge in [0.25, 0.3) is 11.5 Å². The lowest BCUT2D eigenvalue weighted by Gasteiger charge is -2.27. The first-order chi connectivity index (χ1) is 12.6. The molecule has 2 aromatic rings. The van der Waals surface area contributed by atoms with Gasteiger partial charge in [-0.3, -0.25) is 9.59 Å². The second-order valence-electron chi connectivity index (χ2n) is 7.10. The van der Waals surface area contributed by atoms with Crippen LogP contribution in [0.25, 0.3) is 5.65 Å². The largest absolute Gasteiger partial charge is 0.376 e. The number of hydrogen-bond donors (Lipinski definition) is 1. The molecular weight excluding hydrogens is 334 g/mol. The van der Waals surface area contributed by atoms with Gasteiger partial charge < -0.3 is 19.5 Å². The average molecular weight is 359 g/mol. The Hall–Kier alpha value is -2.19. The van der Waals surface area contributed by atoms with Crippen LogP contribution in [0.5, 0.6) is 0 Å². The van der Waals surface area contributed by atoms with Crippen molar-refractivity contribution in [3.63, 3.8) is 0 Å². The normalized spacial score (nSPS) is 20.5. The van der Waals surface area contributed by atoms with Crippen LogP contribution >= 0.6 is 0 Å². The molecule has 4 rings (SSSR count). The van der Waals surface area contributed by atoms with Gasteiger partial charge in [-0.25, -0.2) is 0 Å². The lowest BCUT2D eigenvalue weighted by molar-refractivity contribution is 0.0858. The van der Waals surface area contributed by atoms with Gasteiger partial charge in [0, 0.05) is 44.9 Å². The van der Waals surface area contributed by atoms with Crippen molar-refractivity contribution in [2.75, 3.05) is 26.7 Å². The summed E-state index contributed by atoms with van der Waals surface area (Å²) in [5.41, 5.74) is 2.72. The van der Waals surface area contributed by atoms with Gasteiger partial charge in [0.05, 0.1) is 17.9 Å². The number of carbonyl (C=O) groups excluding carboxylic acids is 1. The second-order valence-corrected chi connectivity index (χ2v) is 7.10. The molecule has 1 amide bonds. The van der Waals surface area contributed by atoms with Crippen molar-refractivity contribution < 1.29 is 9.53 Å². The number of hydrogen-bond acceptors (Lipinski definition) is 5. The van der Waals surface area contributed by atoms with E-state index in [0.717, 1.165) is 43.7 Å². The molecule has 0 aromatic carbocycles. The number of aromatic nitrogens is 3. The quantitative estimate of drug-likeness (QED) is 0.855. The number of ether oxygens (including phenoxy) is 1. The molecule has 1 saturated heterocycles. The molecule has 0 bridgehead atoms. The molecule has 8 nitrogen and oxygen atoms in total. The number of rotatable bonds is 4. The van der Waals surface area contributed by atoms with E-state index in [1.165, 1.54) is 10.7 Å². The van der Waals surface area contributed by atoms with Crippen molar-refractivity contribution in [3.8, 4) is 0 Å². The van der Waals surface area contributed by atoms with Crippen LogP contribution in [0.4, 0.5) is 0 Å². The molecule has 2 aliphatic heterocycles. The highest BCUT2D eigenvalue weighted by atomic mass is 16.5. The molecule has 0 radical (unpaired) electrons. The summed E-state index contributed by atoms with van der Waals surface area (Å²) < 4.78 is 9.01. The van der Waals surface area contributed by atoms with Crippen LogP contribution in [0.2, 0.25) is 0 Å². The lowest BCUT2D eigenvalue weighted by atomic mass is 10.1. The maximum Gasteiger partial charge on any atom is 0.279 e. The maximum absolute atomic E-state index is 12.9. The summed E-state index contributed by atoms with van der Waals surface area (Å²) >= 11 is 0. The van der Waals surface area contributed by atoms with Crippen molar-refractivity contribution in [1.82, 2.24) is 24.4 Å². The van der Waals surface area contributed by atoms with Crippen molar-refractivity contribution in [2.45, 2.75) is 45.4 Å². The smallest absolute Gasteiger partial charge is 0.279 e. The van der Waals surface area contributed by atoms with Crippen LogP contribution in [0.1, 0.15) is 41.4 Å². The zero-order chi connectivity index (χ0) is 18.3. The van der Waals surface area contributed by atoms with E-state index in [0.29, 0.717) is 30.8 Å². The van der Waals surface area contributed by atoms with Gasteiger partial charge in [-0.1, -0.05) is 0 Å². The SMILES string of the molecule is CCn1c2c(c(=O)n3ncc(C(=O)NC[C@H]4CCCO4)c13)CN(C)CC2. The van der Waals surface area contributed by atoms with Crippen molar-refractivity contribution in [1.29, 1.82) is 0 Å². The highest BCUT2D eigenvalue weighted by molar-refractivity contribution is 5.99. The third kappa shape index (κ3) is 2.83. The number of nitrogens with zero attached hydrogens (tertiary/aromatic N) is 4. The van der Waals surface area contributed by atoms with Crippen molar-refractivity contribution in [3.05, 3.63) is 33.4 Å². The van der Waals surface area contributed by atoms with Gasteiger partial charge >= 0.3 is 0 Å². The first kappa shape index (κ1) is 17.2. The summed E-state index contributed by atoms with van der Waals surface area (Å²) in [6, 6.07) is 0. The summed E-state index contributed by atoms with van der Waals surface area (Å²) in [4.78, 5) is 27.8. The van der Waals surface area contributed by atoms with Crippen LogP contribution in [0.3, 0.4) is 0 Å². The average Bonchev–Trinajstić information content (AvgIpc) is 3.30. The predicted molar refractivity (Wildman–Crippen MR) is 96.5 cm³/mol. The molecular formula is C18H25N5O3. The molecule has 140 valence electrons. The standard InChI is InChI=1S/C18H25N5O3/c1-3-22-15-6-7-21(2)11-14(15)18(25)23-17(22)13(10-20-23)16(24)19-9-12-5-4-8-26-12/h10,12H,3-9,11H2,1-2H3,(H,19,24)/t12-/m1/s1. The van der Waals surface area contributed by atoms with Crippen molar-refractivity contribution >= 4 is 11.6 Å². The van der Waals surface area contributed by atoms with Gasteiger partial charge in [-0.15, -0.1) is 0 Å². The first-order valence-corrected chi connectivity index (χ1v) is 9.30. The van der Waals surface area contributed by atoms with Crippen LogP contribution in [-0.4, -0.2) is 57.8 Å². The van der Waals surface area contributed by atoms with E-state index in [4.69, 9.17) is 4.74 Å². The third-order valence-electron chi connectivity index (χ3n) is 5.36. The Kier molecular flexibility index (Phi) is 4.54. The van der Waals surface area contributed by atoms with E-state index in [1.54, 1.807) is 0 Å². The van der Waals surface area contributed by atoms with E-state index < -0.39 is 0 Å². The lowest BCUT2D eigenvalue weighted by Crippen LogP contribution is -2.37. The fraction of sp³-hybridized carbons (Fsp3) is 0.611. The Morgan fingerprint density at radius 1 is 1.46 bits per heavy atom. The number of carbonyl (C=O) groups is 1. The minimum absolute atomic E-state index is 0.0810. The molecule has 0 saturated carbocycles. The number of fused-ring (bicyclic) bond motifs is 2. The summed E-state index contributed by atoms with van der Waals surface area (Å²) in [6.45, 7) is 5.48. The highest BCUT2D eigenvalue weighted by Gasteiger charge is 2.26. The van der Waals surface area contributed by atoms with E-state index in [-0.39, 0.29) is 17.6 Å². The Morgan fingerprint density at radius 3 is 3.04 bits per heavy atom. The molecule has 2 aromatic heterocycles. The third-order valence-corrected chi connectivity index (χ3v) is 5.36. The highest BCUT2D eigenvalue weighted by Crippen LogP contribution is 2.20. The molecule has 4 heterocycles. The minimum Gasteiger partial charge on any atom is -0.376 e. The molecule has 26 heavy (non-hydrogen) atoms. The summed E-state index contributed by atoms with van der Waals surface area (Å²) in [5.74, 6) is -0.204. The van der Waals surface area contributed by atoms with Crippen LogP contribution < -0.4 is 10.9 Å². The molecule has 1 atom stereocenters. The van der Waals surface area contributed by atoms with Crippen LogP contribution in [0, 0.1) is 0 Å². The van der Waals surface area contributed by atoms with E-state index in [2.05, 4.69) is 19.9 Å². The Labute approximate surface area is 151 Å². The molecule has 0 aliphatic carbocycles. The number of nitrogens with one attached hydrogen (secondary N) is 1. The van der Waals surface area contributed by atoms with Crippen molar-refractivity contribution in [2.24, 2.45) is 0 Å². The van der Waals surface area contributed by atoms with Gasteiger partial charge in [0.15, 0.2) is 5.65 Å². The molecule has 0 unspecified atom stereocenters. The molecule has 0 spiro atoms. The second kappa shape index (κ2) is 6.85. The Balaban J connectivity index is 1.73. The van der Waals surface area contributed by atoms with Gasteiger partial charge in [0.2, 0.25) is 0 Å². The maximum atomic E-state index is 12.9. The zero-order valence-electron chi connectivity index (χ0n) is 15.3. The summed E-state index contributed by atoms with van der Waals surface area (Å²) in [6.07, 6.45) is 4.39. The number of aryl methyl sites for hydroxylation is 1. The monoisotopic (exact) mass is 359 g/mol. The first-order valence-electron chi connectivity index (χ1n) is 9.30. The summed E-state index contributed by atoms with van der Waals surface area (Å²) in [5, 5.41) is 7.17. The number of likely N-dealkylation sites (N-methyl/N-ethyl adjacent to an activating group) is 1. The predicted octanol–water partition coefficient (Wildman–Crippen LogP) is 0.413. The minimum atomic E-state index is -0.204. The summed E-state index contributed by atoms with van der Waals surface area (Å²) in [7, 11) is 2.01. The van der Waals surface area contributed by atoms with Gasteiger partial charge in [0.1, 0.15) is 5.56 Å². The fourth-order valence-corrected chi connectivity index (χ4v) is 3.99. The molecule has 1 N–H and O–H groups in total.